The fourth-order valence-corrected chi connectivity index (χ4v) is 4.15. The minimum Gasteiger partial charge on any atom is -1.00 e. The molecule has 1 fully saturated rings. The van der Waals surface area contributed by atoms with Gasteiger partial charge in [-0.25, -0.2) is 4.39 Å². The lowest BCUT2D eigenvalue weighted by Crippen LogP contribution is -3.00. The Hall–Kier alpha value is -1.24. The molecule has 0 aromatic heterocycles. The van der Waals surface area contributed by atoms with Crippen LogP contribution in [0.5, 0.6) is 0 Å². The van der Waals surface area contributed by atoms with Crippen molar-refractivity contribution in [3.05, 3.63) is 69.9 Å². The van der Waals surface area contributed by atoms with Crippen molar-refractivity contribution in [1.29, 1.82) is 0 Å². The van der Waals surface area contributed by atoms with Gasteiger partial charge in [0.05, 0.1) is 13.0 Å². The molecule has 2 aromatic rings. The molecule has 2 heterocycles. The minimum atomic E-state index is -1.06. The predicted octanol–water partition coefficient (Wildman–Crippen LogP) is 1.04. The highest BCUT2D eigenvalue weighted by Crippen LogP contribution is 2.38. The molecule has 0 spiro atoms. The van der Waals surface area contributed by atoms with E-state index in [9.17, 15) is 9.50 Å². The van der Waals surface area contributed by atoms with Crippen LogP contribution in [-0.2, 0) is 5.72 Å². The lowest BCUT2D eigenvalue weighted by atomic mass is 9.94. The van der Waals surface area contributed by atoms with Crippen LogP contribution in [0.3, 0.4) is 0 Å². The number of hydrogen-bond donors (Lipinski definition) is 1. The second kappa shape index (κ2) is 7.79. The van der Waals surface area contributed by atoms with E-state index >= 15 is 0 Å². The summed E-state index contributed by atoms with van der Waals surface area (Å²) in [5, 5.41) is 13.7. The summed E-state index contributed by atoms with van der Waals surface area (Å²) >= 11 is 3.46. The number of hydrogen-bond acceptors (Lipinski definition) is 2. The van der Waals surface area contributed by atoms with E-state index in [1.807, 2.05) is 24.3 Å². The molecule has 2 aliphatic rings. The lowest BCUT2D eigenvalue weighted by molar-refractivity contribution is -0.706. The smallest absolute Gasteiger partial charge is 0.225 e. The third-order valence-corrected chi connectivity index (χ3v) is 5.70. The van der Waals surface area contributed by atoms with E-state index in [4.69, 9.17) is 0 Å². The number of aliphatic hydroxyl groups is 1. The first kappa shape index (κ1) is 19.5. The van der Waals surface area contributed by atoms with Crippen molar-refractivity contribution in [3.8, 4) is 0 Å². The molecule has 26 heavy (non-hydrogen) atoms. The number of halogens is 3. The molecule has 0 saturated carbocycles. The molecule has 1 atom stereocenters. The monoisotopic (exact) mass is 482 g/mol. The van der Waals surface area contributed by atoms with E-state index in [-0.39, 0.29) is 22.8 Å². The number of benzene rings is 2. The lowest BCUT2D eigenvalue weighted by Gasteiger charge is -2.30. The molecule has 0 bridgehead atoms. The summed E-state index contributed by atoms with van der Waals surface area (Å²) < 4.78 is 16.5. The summed E-state index contributed by atoms with van der Waals surface area (Å²) in [6.07, 6.45) is 3.81. The summed E-state index contributed by atoms with van der Waals surface area (Å²) in [6, 6.07) is 14.5. The van der Waals surface area contributed by atoms with Gasteiger partial charge in [-0.1, -0.05) is 28.1 Å². The highest BCUT2D eigenvalue weighted by molar-refractivity contribution is 9.10. The fourth-order valence-electron chi connectivity index (χ4n) is 3.88. The van der Waals surface area contributed by atoms with Crippen LogP contribution >= 0.6 is 15.9 Å². The SMILES string of the molecule is OC1(c2ccc(Br)cc2)CC(c2ccc(F)cc2)=[N+]2CCCCCN21.[Br-]. The maximum absolute atomic E-state index is 13.3. The van der Waals surface area contributed by atoms with Gasteiger partial charge in [-0.3, -0.25) is 0 Å². The second-order valence-electron chi connectivity index (χ2n) is 6.76. The molecule has 6 heteroatoms. The maximum atomic E-state index is 13.3. The molecule has 2 aliphatic heterocycles. The van der Waals surface area contributed by atoms with Crippen molar-refractivity contribution in [1.82, 2.24) is 5.01 Å². The minimum absolute atomic E-state index is 0. The zero-order valence-electron chi connectivity index (χ0n) is 14.3. The van der Waals surface area contributed by atoms with Crippen LogP contribution in [0.15, 0.2) is 53.0 Å². The Kier molecular flexibility index (Phi) is 5.85. The zero-order valence-corrected chi connectivity index (χ0v) is 17.5. The largest absolute Gasteiger partial charge is 1.00 e. The summed E-state index contributed by atoms with van der Waals surface area (Å²) in [4.78, 5) is 0. The average molecular weight is 484 g/mol. The van der Waals surface area contributed by atoms with Gasteiger partial charge in [0.15, 0.2) is 6.54 Å². The first-order chi connectivity index (χ1) is 12.1. The number of fused-ring (bicyclic) bond motifs is 1. The van der Waals surface area contributed by atoms with Gasteiger partial charge >= 0.3 is 0 Å². The molecule has 1 N–H and O–H groups in total. The predicted molar refractivity (Wildman–Crippen MR) is 98.8 cm³/mol. The number of hydrazine groups is 1. The van der Waals surface area contributed by atoms with Crippen LogP contribution in [0, 0.1) is 5.82 Å². The maximum Gasteiger partial charge on any atom is 0.225 e. The summed E-state index contributed by atoms with van der Waals surface area (Å²) in [5.74, 6) is -0.238. The van der Waals surface area contributed by atoms with Gasteiger partial charge in [-0.2, -0.15) is 0 Å². The number of hydrazone groups is 1. The standard InChI is InChI=1S/C20H21BrFN2O.BrH/c21-17-8-6-16(7-9-17)20(25)14-19(15-4-10-18(22)11-5-15)23-12-2-1-3-13-24(20)23;/h4-11,25H,1-3,12-14H2;1H/q+1;/p-1. The van der Waals surface area contributed by atoms with Crippen molar-refractivity contribution >= 4 is 21.6 Å². The van der Waals surface area contributed by atoms with Gasteiger partial charge in [0.1, 0.15) is 5.82 Å². The number of rotatable bonds is 2. The van der Waals surface area contributed by atoms with E-state index < -0.39 is 5.72 Å². The van der Waals surface area contributed by atoms with Gasteiger partial charge < -0.3 is 22.1 Å². The molecule has 2 aromatic carbocycles. The van der Waals surface area contributed by atoms with E-state index in [1.165, 1.54) is 12.1 Å². The van der Waals surface area contributed by atoms with Crippen LogP contribution in [-0.4, -0.2) is 33.6 Å². The van der Waals surface area contributed by atoms with Crippen LogP contribution in [0.25, 0.3) is 0 Å². The highest BCUT2D eigenvalue weighted by atomic mass is 79.9. The Morgan fingerprint density at radius 3 is 2.38 bits per heavy atom. The van der Waals surface area contributed by atoms with E-state index in [0.29, 0.717) is 6.42 Å². The normalized spacial score (nSPS) is 22.7. The Bertz CT molecular complexity index is 808. The Balaban J connectivity index is 0.00000196. The first-order valence-corrected chi connectivity index (χ1v) is 9.52. The van der Waals surface area contributed by atoms with Gasteiger partial charge in [0.25, 0.3) is 0 Å². The van der Waals surface area contributed by atoms with Crippen molar-refractivity contribution in [2.24, 2.45) is 0 Å². The average Bonchev–Trinajstić information content (AvgIpc) is 2.78. The highest BCUT2D eigenvalue weighted by Gasteiger charge is 2.52. The Morgan fingerprint density at radius 1 is 1.00 bits per heavy atom. The summed E-state index contributed by atoms with van der Waals surface area (Å²) in [5.41, 5.74) is 1.86. The molecule has 0 aliphatic carbocycles. The molecule has 4 rings (SSSR count). The van der Waals surface area contributed by atoms with Crippen molar-refractivity contribution in [2.75, 3.05) is 13.1 Å². The third kappa shape index (κ3) is 3.47. The third-order valence-electron chi connectivity index (χ3n) is 5.17. The zero-order chi connectivity index (χ0) is 17.4. The van der Waals surface area contributed by atoms with Gasteiger partial charge in [-0.05, 0) is 49.2 Å². The van der Waals surface area contributed by atoms with E-state index in [2.05, 4.69) is 25.6 Å². The molecule has 138 valence electrons. The van der Waals surface area contributed by atoms with Crippen molar-refractivity contribution in [3.63, 3.8) is 0 Å². The van der Waals surface area contributed by atoms with Crippen LogP contribution in [0.1, 0.15) is 36.8 Å². The van der Waals surface area contributed by atoms with Crippen LogP contribution in [0.2, 0.25) is 0 Å². The molecule has 1 saturated heterocycles. The van der Waals surface area contributed by atoms with Gasteiger partial charge in [0.2, 0.25) is 11.4 Å². The quantitative estimate of drug-likeness (QED) is 0.646. The molecular formula is C20H21Br2FN2O. The second-order valence-corrected chi connectivity index (χ2v) is 7.68. The van der Waals surface area contributed by atoms with Crippen LogP contribution in [0.4, 0.5) is 4.39 Å². The fraction of sp³-hybridized carbons (Fsp3) is 0.350. The Morgan fingerprint density at radius 2 is 1.69 bits per heavy atom. The van der Waals surface area contributed by atoms with Crippen molar-refractivity contribution in [2.45, 2.75) is 31.4 Å². The summed E-state index contributed by atoms with van der Waals surface area (Å²) in [7, 11) is 0. The topological polar surface area (TPSA) is 26.5 Å². The Labute approximate surface area is 172 Å². The number of nitrogens with zero attached hydrogens (tertiary/aromatic N) is 2. The van der Waals surface area contributed by atoms with E-state index in [1.54, 1.807) is 12.1 Å². The summed E-state index contributed by atoms with van der Waals surface area (Å²) in [6.45, 7) is 1.70. The van der Waals surface area contributed by atoms with Crippen LogP contribution < -0.4 is 17.0 Å². The molecular weight excluding hydrogens is 463 g/mol. The van der Waals surface area contributed by atoms with Crippen molar-refractivity contribution < 1.29 is 31.2 Å². The van der Waals surface area contributed by atoms with Gasteiger partial charge in [0, 0.05) is 22.0 Å². The molecule has 0 amide bonds. The first-order valence-electron chi connectivity index (χ1n) is 8.73. The molecule has 3 nitrogen and oxygen atoms in total. The molecule has 0 radical (unpaired) electrons. The molecule has 1 unspecified atom stereocenters. The van der Waals surface area contributed by atoms with Gasteiger partial charge in [-0.15, -0.1) is 9.69 Å². The van der Waals surface area contributed by atoms with E-state index in [0.717, 1.165) is 53.7 Å².